The van der Waals surface area contributed by atoms with Crippen molar-refractivity contribution in [2.24, 2.45) is 0 Å². The first-order valence-electron chi connectivity index (χ1n) is 12.6. The van der Waals surface area contributed by atoms with E-state index in [1.54, 1.807) is 19.2 Å². The number of nitrogens with zero attached hydrogens (tertiary/aromatic N) is 2. The third-order valence-electron chi connectivity index (χ3n) is 6.28. The van der Waals surface area contributed by atoms with Gasteiger partial charge in [-0.1, -0.05) is 30.3 Å². The summed E-state index contributed by atoms with van der Waals surface area (Å²) >= 11 is 0. The van der Waals surface area contributed by atoms with Gasteiger partial charge in [-0.25, -0.2) is 9.59 Å². The van der Waals surface area contributed by atoms with E-state index in [4.69, 9.17) is 9.84 Å². The van der Waals surface area contributed by atoms with Gasteiger partial charge in [0, 0.05) is 43.7 Å². The quantitative estimate of drug-likeness (QED) is 0.314. The Hall–Kier alpha value is -3.26. The molecule has 0 aromatic heterocycles. The molecule has 0 aliphatic carbocycles. The van der Waals surface area contributed by atoms with Crippen molar-refractivity contribution < 1.29 is 24.5 Å². The maximum Gasteiger partial charge on any atom is 0.414 e. The second kappa shape index (κ2) is 14.3. The SMILES string of the molecule is CC(C)N(CCC(c1ccccc1)c1cc(O)ccc1OC(=O)N(C)CCCCNC(=O)O)C(C)C. The lowest BCUT2D eigenvalue weighted by atomic mass is 9.87. The number of hydrogen-bond acceptors (Lipinski definition) is 5. The molecule has 0 aliphatic rings. The van der Waals surface area contributed by atoms with Gasteiger partial charge in [0.2, 0.25) is 0 Å². The zero-order valence-corrected chi connectivity index (χ0v) is 22.1. The molecule has 0 radical (unpaired) electrons. The van der Waals surface area contributed by atoms with E-state index in [0.717, 1.165) is 24.1 Å². The topological polar surface area (TPSA) is 102 Å². The largest absolute Gasteiger partial charge is 0.508 e. The number of carboxylic acid groups (broad SMARTS) is 1. The van der Waals surface area contributed by atoms with Gasteiger partial charge >= 0.3 is 12.2 Å². The standard InChI is InChI=1S/C28H41N3O5/c1-20(2)31(21(3)4)18-15-24(22-11-7-6-8-12-22)25-19-23(32)13-14-26(25)36-28(35)30(5)17-10-9-16-29-27(33)34/h6-8,11-14,19-21,24,29,32H,9-10,15-18H2,1-5H3,(H,33,34). The molecule has 8 heteroatoms. The van der Waals surface area contributed by atoms with Gasteiger partial charge in [0.25, 0.3) is 0 Å². The van der Waals surface area contributed by atoms with Gasteiger partial charge in [-0.3, -0.25) is 4.90 Å². The van der Waals surface area contributed by atoms with E-state index < -0.39 is 12.2 Å². The fourth-order valence-electron chi connectivity index (χ4n) is 4.41. The highest BCUT2D eigenvalue weighted by molar-refractivity contribution is 5.71. The zero-order valence-electron chi connectivity index (χ0n) is 22.1. The van der Waals surface area contributed by atoms with Crippen LogP contribution in [0.4, 0.5) is 9.59 Å². The first-order chi connectivity index (χ1) is 17.1. The molecule has 0 bridgehead atoms. The molecule has 1 unspecified atom stereocenters. The number of phenols is 1. The van der Waals surface area contributed by atoms with E-state index in [-0.39, 0.29) is 11.7 Å². The summed E-state index contributed by atoms with van der Waals surface area (Å²) in [6.07, 6.45) is 0.501. The minimum atomic E-state index is -1.06. The van der Waals surface area contributed by atoms with Crippen LogP contribution in [0.1, 0.15) is 64.0 Å². The smallest absolute Gasteiger partial charge is 0.414 e. The highest BCUT2D eigenvalue weighted by Crippen LogP contribution is 2.37. The van der Waals surface area contributed by atoms with Crippen LogP contribution in [0.25, 0.3) is 0 Å². The van der Waals surface area contributed by atoms with Gasteiger partial charge in [-0.15, -0.1) is 0 Å². The van der Waals surface area contributed by atoms with E-state index in [2.05, 4.69) is 50.0 Å². The number of hydrogen-bond donors (Lipinski definition) is 3. The molecule has 2 aromatic rings. The summed E-state index contributed by atoms with van der Waals surface area (Å²) in [5.41, 5.74) is 1.85. The van der Waals surface area contributed by atoms with Crippen molar-refractivity contribution in [1.82, 2.24) is 15.1 Å². The predicted molar refractivity (Wildman–Crippen MR) is 142 cm³/mol. The first kappa shape index (κ1) is 29.0. The van der Waals surface area contributed by atoms with Crippen molar-refractivity contribution >= 4 is 12.2 Å². The number of unbranched alkanes of at least 4 members (excludes halogenated alkanes) is 1. The molecule has 1 atom stereocenters. The van der Waals surface area contributed by atoms with Crippen LogP contribution in [0.5, 0.6) is 11.5 Å². The van der Waals surface area contributed by atoms with E-state index in [0.29, 0.717) is 43.8 Å². The van der Waals surface area contributed by atoms with E-state index in [1.165, 1.54) is 11.0 Å². The molecule has 0 aliphatic heterocycles. The lowest BCUT2D eigenvalue weighted by molar-refractivity contribution is 0.160. The van der Waals surface area contributed by atoms with Crippen LogP contribution in [0.3, 0.4) is 0 Å². The molecule has 0 saturated heterocycles. The van der Waals surface area contributed by atoms with Crippen molar-refractivity contribution in [3.8, 4) is 11.5 Å². The average Bonchev–Trinajstić information content (AvgIpc) is 2.82. The van der Waals surface area contributed by atoms with Crippen molar-refractivity contribution in [1.29, 1.82) is 0 Å². The molecular weight excluding hydrogens is 458 g/mol. The van der Waals surface area contributed by atoms with Gasteiger partial charge in [-0.2, -0.15) is 0 Å². The summed E-state index contributed by atoms with van der Waals surface area (Å²) < 4.78 is 5.81. The van der Waals surface area contributed by atoms with Crippen molar-refractivity contribution in [3.63, 3.8) is 0 Å². The molecule has 2 amide bonds. The Morgan fingerprint density at radius 3 is 2.25 bits per heavy atom. The molecule has 8 nitrogen and oxygen atoms in total. The van der Waals surface area contributed by atoms with Gasteiger partial charge in [0.1, 0.15) is 11.5 Å². The molecule has 0 saturated carbocycles. The fraction of sp³-hybridized carbons (Fsp3) is 0.500. The summed E-state index contributed by atoms with van der Waals surface area (Å²) in [4.78, 5) is 27.3. The third-order valence-corrected chi connectivity index (χ3v) is 6.28. The third kappa shape index (κ3) is 9.07. The molecule has 3 N–H and O–H groups in total. The Labute approximate surface area is 214 Å². The Kier molecular flexibility index (Phi) is 11.5. The lowest BCUT2D eigenvalue weighted by Crippen LogP contribution is -2.38. The second-order valence-electron chi connectivity index (χ2n) is 9.63. The lowest BCUT2D eigenvalue weighted by Gasteiger charge is -2.32. The number of carbonyl (C=O) groups excluding carboxylic acids is 1. The Balaban J connectivity index is 2.22. The Morgan fingerprint density at radius 1 is 0.972 bits per heavy atom. The zero-order chi connectivity index (χ0) is 26.7. The predicted octanol–water partition coefficient (Wildman–Crippen LogP) is 5.51. The summed E-state index contributed by atoms with van der Waals surface area (Å²) in [5.74, 6) is 0.467. The van der Waals surface area contributed by atoms with Crippen LogP contribution in [0.15, 0.2) is 48.5 Å². The van der Waals surface area contributed by atoms with Crippen LogP contribution >= 0.6 is 0 Å². The highest BCUT2D eigenvalue weighted by Gasteiger charge is 2.24. The molecule has 2 aromatic carbocycles. The minimum absolute atomic E-state index is 0.0755. The van der Waals surface area contributed by atoms with E-state index >= 15 is 0 Å². The number of aromatic hydroxyl groups is 1. The number of rotatable bonds is 13. The maximum absolute atomic E-state index is 12.8. The van der Waals surface area contributed by atoms with Crippen molar-refractivity contribution in [2.45, 2.75) is 65.0 Å². The van der Waals surface area contributed by atoms with Crippen molar-refractivity contribution in [2.75, 3.05) is 26.7 Å². The van der Waals surface area contributed by atoms with Crippen LogP contribution in [0.2, 0.25) is 0 Å². The minimum Gasteiger partial charge on any atom is -0.508 e. The summed E-state index contributed by atoms with van der Waals surface area (Å²) in [6, 6.07) is 15.7. The van der Waals surface area contributed by atoms with Gasteiger partial charge in [0.15, 0.2) is 0 Å². The number of ether oxygens (including phenoxy) is 1. The molecule has 2 rings (SSSR count). The number of phenolic OH excluding ortho intramolecular Hbond substituents is 1. The fourth-order valence-corrected chi connectivity index (χ4v) is 4.41. The summed E-state index contributed by atoms with van der Waals surface area (Å²) in [7, 11) is 1.66. The highest BCUT2D eigenvalue weighted by atomic mass is 16.6. The van der Waals surface area contributed by atoms with Gasteiger partial charge < -0.3 is 25.2 Å². The van der Waals surface area contributed by atoms with Crippen molar-refractivity contribution in [3.05, 3.63) is 59.7 Å². The first-order valence-corrected chi connectivity index (χ1v) is 12.6. The van der Waals surface area contributed by atoms with Gasteiger partial charge in [-0.05, 0) is 77.3 Å². The maximum atomic E-state index is 12.8. The summed E-state index contributed by atoms with van der Waals surface area (Å²) in [5, 5.41) is 21.3. The van der Waals surface area contributed by atoms with Gasteiger partial charge in [0.05, 0.1) is 0 Å². The van der Waals surface area contributed by atoms with E-state index in [9.17, 15) is 14.7 Å². The number of carbonyl (C=O) groups is 2. The number of nitrogens with one attached hydrogen (secondary N) is 1. The molecule has 36 heavy (non-hydrogen) atoms. The molecule has 0 heterocycles. The molecule has 0 spiro atoms. The normalized spacial score (nSPS) is 12.1. The number of benzene rings is 2. The average molecular weight is 500 g/mol. The number of amides is 2. The van der Waals surface area contributed by atoms with Crippen LogP contribution in [-0.4, -0.2) is 71.0 Å². The monoisotopic (exact) mass is 499 g/mol. The molecule has 198 valence electrons. The van der Waals surface area contributed by atoms with Crippen LogP contribution in [0, 0.1) is 0 Å². The van der Waals surface area contributed by atoms with Crippen LogP contribution < -0.4 is 10.1 Å². The second-order valence-corrected chi connectivity index (χ2v) is 9.63. The van der Waals surface area contributed by atoms with Crippen LogP contribution in [-0.2, 0) is 0 Å². The Bertz CT molecular complexity index is 957. The molecular formula is C28H41N3O5. The summed E-state index contributed by atoms with van der Waals surface area (Å²) in [6.45, 7) is 10.4. The molecule has 0 fully saturated rings. The van der Waals surface area contributed by atoms with E-state index in [1.807, 2.05) is 18.2 Å². The Morgan fingerprint density at radius 2 is 1.64 bits per heavy atom.